The first-order chi connectivity index (χ1) is 9.20. The minimum absolute atomic E-state index is 0.335. The van der Waals surface area contributed by atoms with E-state index in [9.17, 15) is 0 Å². The van der Waals surface area contributed by atoms with Gasteiger partial charge in [0.25, 0.3) is 0 Å². The number of aryl methyl sites for hydroxylation is 2. The predicted molar refractivity (Wildman–Crippen MR) is 80.5 cm³/mol. The van der Waals surface area contributed by atoms with Crippen LogP contribution < -0.4 is 5.32 Å². The lowest BCUT2D eigenvalue weighted by atomic mass is 9.93. The molecular formula is C17H27NO. The van der Waals surface area contributed by atoms with E-state index in [2.05, 4.69) is 44.3 Å². The Balaban J connectivity index is 2.19. The van der Waals surface area contributed by atoms with Crippen LogP contribution in [0.1, 0.15) is 55.3 Å². The number of rotatable bonds is 5. The van der Waals surface area contributed by atoms with Gasteiger partial charge < -0.3 is 10.1 Å². The number of hydrogen-bond donors (Lipinski definition) is 1. The standard InChI is InChI=1S/C17H27NO/c1-4-8-18-17(16-7-5-6-9-19-16)15-11-13(2)10-14(3)12-15/h10-12,16-18H,4-9H2,1-3H3. The Hall–Kier alpha value is -0.860. The number of nitrogens with one attached hydrogen (secondary N) is 1. The average Bonchev–Trinajstić information content (AvgIpc) is 2.39. The van der Waals surface area contributed by atoms with Crippen LogP contribution in [-0.2, 0) is 4.74 Å². The van der Waals surface area contributed by atoms with Gasteiger partial charge in [-0.25, -0.2) is 0 Å². The number of ether oxygens (including phenoxy) is 1. The fourth-order valence-corrected chi connectivity index (χ4v) is 2.98. The van der Waals surface area contributed by atoms with Gasteiger partial charge in [-0.05, 0) is 51.6 Å². The topological polar surface area (TPSA) is 21.3 Å². The predicted octanol–water partition coefficient (Wildman–Crippen LogP) is 3.91. The van der Waals surface area contributed by atoms with Crippen LogP contribution in [-0.4, -0.2) is 19.3 Å². The fraction of sp³-hybridized carbons (Fsp3) is 0.647. The Kier molecular flexibility index (Phi) is 5.41. The maximum atomic E-state index is 6.01. The lowest BCUT2D eigenvalue weighted by molar-refractivity contribution is -0.00816. The molecule has 1 aliphatic heterocycles. The molecule has 1 heterocycles. The molecule has 1 aromatic carbocycles. The highest BCUT2D eigenvalue weighted by molar-refractivity contribution is 5.31. The maximum absolute atomic E-state index is 6.01. The Labute approximate surface area is 117 Å². The molecule has 1 N–H and O–H groups in total. The van der Waals surface area contributed by atoms with E-state index in [-0.39, 0.29) is 0 Å². The Morgan fingerprint density at radius 1 is 1.21 bits per heavy atom. The van der Waals surface area contributed by atoms with Crippen molar-refractivity contribution >= 4 is 0 Å². The van der Waals surface area contributed by atoms with E-state index in [1.807, 2.05) is 0 Å². The van der Waals surface area contributed by atoms with Crippen molar-refractivity contribution in [1.29, 1.82) is 0 Å². The van der Waals surface area contributed by atoms with Crippen LogP contribution in [0.4, 0.5) is 0 Å². The van der Waals surface area contributed by atoms with E-state index in [4.69, 9.17) is 4.74 Å². The summed E-state index contributed by atoms with van der Waals surface area (Å²) in [5.41, 5.74) is 4.07. The molecule has 1 fully saturated rings. The van der Waals surface area contributed by atoms with Gasteiger partial charge in [0.2, 0.25) is 0 Å². The second kappa shape index (κ2) is 7.06. The monoisotopic (exact) mass is 261 g/mol. The molecule has 0 bridgehead atoms. The summed E-state index contributed by atoms with van der Waals surface area (Å²) < 4.78 is 6.01. The molecule has 0 spiro atoms. The van der Waals surface area contributed by atoms with Crippen LogP contribution in [0.2, 0.25) is 0 Å². The second-order valence-corrected chi connectivity index (χ2v) is 5.76. The molecule has 2 heteroatoms. The first-order valence-electron chi connectivity index (χ1n) is 7.64. The van der Waals surface area contributed by atoms with Gasteiger partial charge in [0.15, 0.2) is 0 Å². The zero-order valence-electron chi connectivity index (χ0n) is 12.5. The van der Waals surface area contributed by atoms with Crippen molar-refractivity contribution in [3.8, 4) is 0 Å². The van der Waals surface area contributed by atoms with Crippen LogP contribution in [0.15, 0.2) is 18.2 Å². The summed E-state index contributed by atoms with van der Waals surface area (Å²) in [7, 11) is 0. The van der Waals surface area contributed by atoms with Crippen LogP contribution >= 0.6 is 0 Å². The molecule has 2 nitrogen and oxygen atoms in total. The summed E-state index contributed by atoms with van der Waals surface area (Å²) in [6.07, 6.45) is 5.17. The average molecular weight is 261 g/mol. The number of benzene rings is 1. The summed E-state index contributed by atoms with van der Waals surface area (Å²) >= 11 is 0. The van der Waals surface area contributed by atoms with Crippen molar-refractivity contribution < 1.29 is 4.74 Å². The molecule has 0 amide bonds. The molecule has 1 saturated heterocycles. The molecule has 2 atom stereocenters. The molecule has 1 aliphatic rings. The van der Waals surface area contributed by atoms with Gasteiger partial charge in [0, 0.05) is 6.61 Å². The largest absolute Gasteiger partial charge is 0.376 e. The van der Waals surface area contributed by atoms with E-state index in [0.717, 1.165) is 19.6 Å². The van der Waals surface area contributed by atoms with Gasteiger partial charge in [-0.15, -0.1) is 0 Å². The van der Waals surface area contributed by atoms with E-state index in [1.54, 1.807) is 0 Å². The summed E-state index contributed by atoms with van der Waals surface area (Å²) in [5.74, 6) is 0. The van der Waals surface area contributed by atoms with Crippen LogP contribution in [0, 0.1) is 13.8 Å². The molecule has 0 saturated carbocycles. The van der Waals surface area contributed by atoms with Gasteiger partial charge in [0.05, 0.1) is 12.1 Å². The molecule has 0 radical (unpaired) electrons. The lowest BCUT2D eigenvalue weighted by Gasteiger charge is -2.32. The first kappa shape index (κ1) is 14.5. The molecule has 1 aromatic rings. The summed E-state index contributed by atoms with van der Waals surface area (Å²) in [5, 5.41) is 3.68. The Bertz CT molecular complexity index is 376. The highest BCUT2D eigenvalue weighted by Gasteiger charge is 2.25. The lowest BCUT2D eigenvalue weighted by Crippen LogP contribution is -2.36. The van der Waals surface area contributed by atoms with E-state index >= 15 is 0 Å². The Morgan fingerprint density at radius 3 is 2.53 bits per heavy atom. The SMILES string of the molecule is CCCNC(c1cc(C)cc(C)c1)C1CCCCO1. The first-order valence-corrected chi connectivity index (χ1v) is 7.64. The van der Waals surface area contributed by atoms with E-state index in [0.29, 0.717) is 12.1 Å². The quantitative estimate of drug-likeness (QED) is 0.867. The second-order valence-electron chi connectivity index (χ2n) is 5.76. The summed E-state index contributed by atoms with van der Waals surface area (Å²) in [4.78, 5) is 0. The highest BCUT2D eigenvalue weighted by atomic mass is 16.5. The van der Waals surface area contributed by atoms with Gasteiger partial charge >= 0.3 is 0 Å². The van der Waals surface area contributed by atoms with Crippen molar-refractivity contribution in [2.75, 3.05) is 13.2 Å². The molecule has 106 valence electrons. The van der Waals surface area contributed by atoms with Crippen molar-refractivity contribution in [3.63, 3.8) is 0 Å². The van der Waals surface area contributed by atoms with E-state index < -0.39 is 0 Å². The van der Waals surface area contributed by atoms with Gasteiger partial charge in [-0.2, -0.15) is 0 Å². The highest BCUT2D eigenvalue weighted by Crippen LogP contribution is 2.27. The maximum Gasteiger partial charge on any atom is 0.0769 e. The Morgan fingerprint density at radius 2 is 1.95 bits per heavy atom. The summed E-state index contributed by atoms with van der Waals surface area (Å²) in [6.45, 7) is 8.54. The molecule has 0 aliphatic carbocycles. The molecule has 19 heavy (non-hydrogen) atoms. The molecule has 2 unspecified atom stereocenters. The van der Waals surface area contributed by atoms with Crippen LogP contribution in [0.3, 0.4) is 0 Å². The third-order valence-electron chi connectivity index (χ3n) is 3.80. The van der Waals surface area contributed by atoms with Gasteiger partial charge in [-0.3, -0.25) is 0 Å². The van der Waals surface area contributed by atoms with Crippen molar-refractivity contribution in [2.45, 2.75) is 58.6 Å². The van der Waals surface area contributed by atoms with Crippen molar-refractivity contribution in [2.24, 2.45) is 0 Å². The van der Waals surface area contributed by atoms with Crippen LogP contribution in [0.25, 0.3) is 0 Å². The fourth-order valence-electron chi connectivity index (χ4n) is 2.98. The van der Waals surface area contributed by atoms with Gasteiger partial charge in [-0.1, -0.05) is 36.2 Å². The zero-order chi connectivity index (χ0) is 13.7. The minimum atomic E-state index is 0.335. The van der Waals surface area contributed by atoms with Crippen molar-refractivity contribution in [1.82, 2.24) is 5.32 Å². The summed E-state index contributed by atoms with van der Waals surface area (Å²) in [6, 6.07) is 7.19. The molecule has 0 aromatic heterocycles. The van der Waals surface area contributed by atoms with Crippen molar-refractivity contribution in [3.05, 3.63) is 34.9 Å². The zero-order valence-corrected chi connectivity index (χ0v) is 12.5. The minimum Gasteiger partial charge on any atom is -0.376 e. The normalized spacial score (nSPS) is 21.3. The van der Waals surface area contributed by atoms with E-state index in [1.165, 1.54) is 36.0 Å². The van der Waals surface area contributed by atoms with Crippen LogP contribution in [0.5, 0.6) is 0 Å². The number of hydrogen-bond acceptors (Lipinski definition) is 2. The van der Waals surface area contributed by atoms with Gasteiger partial charge in [0.1, 0.15) is 0 Å². The molecular weight excluding hydrogens is 234 g/mol. The third kappa shape index (κ3) is 4.05. The molecule has 2 rings (SSSR count). The third-order valence-corrected chi connectivity index (χ3v) is 3.80. The smallest absolute Gasteiger partial charge is 0.0769 e.